The Morgan fingerprint density at radius 1 is 1.38 bits per heavy atom. The Morgan fingerprint density at radius 3 is 2.95 bits per heavy atom. The molecule has 112 valence electrons. The van der Waals surface area contributed by atoms with Crippen molar-refractivity contribution >= 4 is 17.2 Å². The zero-order valence-corrected chi connectivity index (χ0v) is 12.7. The normalized spacial score (nSPS) is 11.9. The van der Waals surface area contributed by atoms with E-state index in [1.54, 1.807) is 29.5 Å². The molecule has 2 N–H and O–H groups in total. The van der Waals surface area contributed by atoms with Gasteiger partial charge in [-0.15, -0.1) is 11.3 Å². The number of carbonyl (C=O) groups is 1. The molecule has 1 amide bonds. The second kappa shape index (κ2) is 7.81. The van der Waals surface area contributed by atoms with Crippen LogP contribution in [0.1, 0.15) is 28.6 Å². The second-order valence-electron chi connectivity index (χ2n) is 4.78. The Labute approximate surface area is 128 Å². The van der Waals surface area contributed by atoms with Crippen LogP contribution in [0.15, 0.2) is 41.8 Å². The third kappa shape index (κ3) is 4.88. The van der Waals surface area contributed by atoms with Crippen molar-refractivity contribution in [3.63, 3.8) is 0 Å². The number of hydrogen-bond donors (Lipinski definition) is 2. The molecule has 0 aliphatic heterocycles. The summed E-state index contributed by atoms with van der Waals surface area (Å²) >= 11 is 1.64. The number of ether oxygens (including phenoxy) is 1. The third-order valence-electron chi connectivity index (χ3n) is 3.00. The highest BCUT2D eigenvalue weighted by atomic mass is 32.1. The summed E-state index contributed by atoms with van der Waals surface area (Å²) in [6.07, 6.45) is 0.542. The summed E-state index contributed by atoms with van der Waals surface area (Å²) < 4.78 is 5.68. The van der Waals surface area contributed by atoms with Crippen molar-refractivity contribution in [3.8, 4) is 5.75 Å². The van der Waals surface area contributed by atoms with Crippen LogP contribution in [0, 0.1) is 0 Å². The van der Waals surface area contributed by atoms with Gasteiger partial charge in [-0.2, -0.15) is 0 Å². The smallest absolute Gasteiger partial charge is 0.251 e. The molecule has 0 radical (unpaired) electrons. The number of thiophene rings is 1. The number of aliphatic hydroxyl groups excluding tert-OH is 1. The van der Waals surface area contributed by atoms with Gasteiger partial charge in [-0.3, -0.25) is 4.79 Å². The van der Waals surface area contributed by atoms with Crippen molar-refractivity contribution in [1.82, 2.24) is 5.32 Å². The first-order chi connectivity index (χ1) is 10.2. The van der Waals surface area contributed by atoms with E-state index in [1.807, 2.05) is 30.5 Å². The summed E-state index contributed by atoms with van der Waals surface area (Å²) in [6, 6.07) is 11.1. The van der Waals surface area contributed by atoms with E-state index in [9.17, 15) is 4.79 Å². The average molecular weight is 305 g/mol. The van der Waals surface area contributed by atoms with Crippen LogP contribution < -0.4 is 10.1 Å². The van der Waals surface area contributed by atoms with Gasteiger partial charge in [-0.25, -0.2) is 0 Å². The average Bonchev–Trinajstić information content (AvgIpc) is 2.99. The van der Waals surface area contributed by atoms with Gasteiger partial charge in [0.05, 0.1) is 0 Å². The van der Waals surface area contributed by atoms with Crippen LogP contribution in [-0.4, -0.2) is 23.7 Å². The van der Waals surface area contributed by atoms with E-state index in [-0.39, 0.29) is 18.6 Å². The van der Waals surface area contributed by atoms with E-state index in [1.165, 1.54) is 0 Å². The summed E-state index contributed by atoms with van der Waals surface area (Å²) in [5, 5.41) is 13.7. The molecule has 4 nitrogen and oxygen atoms in total. The van der Waals surface area contributed by atoms with Gasteiger partial charge in [0.1, 0.15) is 12.4 Å². The summed E-state index contributed by atoms with van der Waals surface area (Å²) in [4.78, 5) is 13.2. The van der Waals surface area contributed by atoms with Crippen LogP contribution in [-0.2, 0) is 6.61 Å². The highest BCUT2D eigenvalue weighted by Crippen LogP contribution is 2.17. The fraction of sp³-hybridized carbons (Fsp3) is 0.312. The molecule has 0 aliphatic carbocycles. The maximum absolute atomic E-state index is 12.1. The Balaban J connectivity index is 1.95. The number of aliphatic hydroxyl groups is 1. The molecule has 0 bridgehead atoms. The van der Waals surface area contributed by atoms with Crippen LogP contribution in [0.5, 0.6) is 5.75 Å². The molecule has 5 heteroatoms. The molecule has 0 saturated carbocycles. The van der Waals surface area contributed by atoms with Crippen molar-refractivity contribution in [2.75, 3.05) is 6.61 Å². The van der Waals surface area contributed by atoms with Crippen LogP contribution >= 0.6 is 11.3 Å². The van der Waals surface area contributed by atoms with Gasteiger partial charge in [-0.05, 0) is 43.0 Å². The SMILES string of the molecule is C[C@H](CCO)NC(=O)c1cccc(OCc2cccs2)c1. The zero-order chi connectivity index (χ0) is 15.1. The zero-order valence-electron chi connectivity index (χ0n) is 11.9. The third-order valence-corrected chi connectivity index (χ3v) is 3.85. The molecule has 21 heavy (non-hydrogen) atoms. The largest absolute Gasteiger partial charge is 0.488 e. The topological polar surface area (TPSA) is 58.6 Å². The van der Waals surface area contributed by atoms with Gasteiger partial charge in [0, 0.05) is 23.1 Å². The standard InChI is InChI=1S/C16H19NO3S/c1-12(7-8-18)17-16(19)13-4-2-5-14(10-13)20-11-15-6-3-9-21-15/h2-6,9-10,12,18H,7-8,11H2,1H3,(H,17,19)/t12-/m1/s1. The Morgan fingerprint density at radius 2 is 2.24 bits per heavy atom. The molecule has 0 fully saturated rings. The monoisotopic (exact) mass is 305 g/mol. The van der Waals surface area contributed by atoms with Crippen molar-refractivity contribution in [2.24, 2.45) is 0 Å². The molecule has 2 aromatic rings. The minimum absolute atomic E-state index is 0.0572. The lowest BCUT2D eigenvalue weighted by Gasteiger charge is -2.13. The molecular formula is C16H19NO3S. The quantitative estimate of drug-likeness (QED) is 0.827. The van der Waals surface area contributed by atoms with E-state index in [2.05, 4.69) is 5.32 Å². The summed E-state index contributed by atoms with van der Waals surface area (Å²) in [6.45, 7) is 2.43. The van der Waals surface area contributed by atoms with Crippen LogP contribution in [0.4, 0.5) is 0 Å². The summed E-state index contributed by atoms with van der Waals surface area (Å²) in [5.41, 5.74) is 0.559. The lowest BCUT2D eigenvalue weighted by molar-refractivity contribution is 0.0934. The second-order valence-corrected chi connectivity index (χ2v) is 5.81. The molecule has 1 aromatic heterocycles. The Kier molecular flexibility index (Phi) is 5.78. The van der Waals surface area contributed by atoms with Crippen molar-refractivity contribution in [3.05, 3.63) is 52.2 Å². The van der Waals surface area contributed by atoms with Crippen molar-refractivity contribution < 1.29 is 14.6 Å². The van der Waals surface area contributed by atoms with Gasteiger partial charge in [-0.1, -0.05) is 12.1 Å². The Hall–Kier alpha value is -1.85. The van der Waals surface area contributed by atoms with Crippen molar-refractivity contribution in [2.45, 2.75) is 26.0 Å². The maximum atomic E-state index is 12.1. The highest BCUT2D eigenvalue weighted by molar-refractivity contribution is 7.09. The minimum atomic E-state index is -0.155. The van der Waals surface area contributed by atoms with Crippen molar-refractivity contribution in [1.29, 1.82) is 0 Å². The van der Waals surface area contributed by atoms with E-state index >= 15 is 0 Å². The van der Waals surface area contributed by atoms with Crippen LogP contribution in [0.2, 0.25) is 0 Å². The van der Waals surface area contributed by atoms with Crippen LogP contribution in [0.3, 0.4) is 0 Å². The fourth-order valence-electron chi connectivity index (χ4n) is 1.85. The van der Waals surface area contributed by atoms with E-state index in [4.69, 9.17) is 9.84 Å². The summed E-state index contributed by atoms with van der Waals surface area (Å²) in [7, 11) is 0. The first-order valence-corrected chi connectivity index (χ1v) is 7.74. The molecule has 0 saturated heterocycles. The van der Waals surface area contributed by atoms with Gasteiger partial charge < -0.3 is 15.2 Å². The number of amides is 1. The fourth-order valence-corrected chi connectivity index (χ4v) is 2.47. The van der Waals surface area contributed by atoms with Crippen LogP contribution in [0.25, 0.3) is 0 Å². The number of nitrogens with one attached hydrogen (secondary N) is 1. The summed E-state index contributed by atoms with van der Waals surface area (Å²) in [5.74, 6) is 0.517. The number of benzene rings is 1. The highest BCUT2D eigenvalue weighted by Gasteiger charge is 2.10. The van der Waals surface area contributed by atoms with Gasteiger partial charge in [0.2, 0.25) is 0 Å². The molecule has 0 aliphatic rings. The lowest BCUT2D eigenvalue weighted by Crippen LogP contribution is -2.33. The first kappa shape index (κ1) is 15.5. The van der Waals surface area contributed by atoms with Gasteiger partial charge in [0.15, 0.2) is 0 Å². The lowest BCUT2D eigenvalue weighted by atomic mass is 10.1. The predicted octanol–water partition coefficient (Wildman–Crippen LogP) is 2.83. The van der Waals surface area contributed by atoms with E-state index in [0.717, 1.165) is 4.88 Å². The van der Waals surface area contributed by atoms with Gasteiger partial charge >= 0.3 is 0 Å². The number of carbonyl (C=O) groups excluding carboxylic acids is 1. The predicted molar refractivity (Wildman–Crippen MR) is 83.7 cm³/mol. The molecule has 1 heterocycles. The number of rotatable bonds is 7. The van der Waals surface area contributed by atoms with Gasteiger partial charge in [0.25, 0.3) is 5.91 Å². The Bertz CT molecular complexity index is 569. The molecule has 0 unspecified atom stereocenters. The minimum Gasteiger partial charge on any atom is -0.488 e. The first-order valence-electron chi connectivity index (χ1n) is 6.86. The number of hydrogen-bond acceptors (Lipinski definition) is 4. The van der Waals surface area contributed by atoms with E-state index in [0.29, 0.717) is 24.3 Å². The molecule has 0 spiro atoms. The molecule has 2 rings (SSSR count). The molecule has 1 atom stereocenters. The molecular weight excluding hydrogens is 286 g/mol. The molecule has 1 aromatic carbocycles. The van der Waals surface area contributed by atoms with E-state index < -0.39 is 0 Å². The maximum Gasteiger partial charge on any atom is 0.251 e.